The minimum atomic E-state index is -0.327. The second-order valence-electron chi connectivity index (χ2n) is 3.49. The molecule has 0 aliphatic rings. The maximum Gasteiger partial charge on any atom is 0.279 e. The molecule has 0 bridgehead atoms. The van der Waals surface area contributed by atoms with Crippen molar-refractivity contribution in [3.05, 3.63) is 28.7 Å². The van der Waals surface area contributed by atoms with Crippen LogP contribution in [-0.2, 0) is 11.8 Å². The van der Waals surface area contributed by atoms with E-state index >= 15 is 0 Å². The zero-order valence-corrected chi connectivity index (χ0v) is 11.6. The van der Waals surface area contributed by atoms with E-state index in [-0.39, 0.29) is 17.6 Å². The number of aryl methyl sites for hydroxylation is 1. The van der Waals surface area contributed by atoms with Crippen LogP contribution in [0.5, 0.6) is 0 Å². The Morgan fingerprint density at radius 1 is 1.47 bits per heavy atom. The highest BCUT2D eigenvalue weighted by atomic mass is 32.2. The van der Waals surface area contributed by atoms with Crippen molar-refractivity contribution in [2.75, 3.05) is 5.75 Å². The molecule has 0 aliphatic heterocycles. The smallest absolute Gasteiger partial charge is 0.279 e. The number of carbonyl (C=O) groups excluding carboxylic acids is 2. The number of carbonyl (C=O) groups is 2. The van der Waals surface area contributed by atoms with Crippen molar-refractivity contribution in [2.45, 2.75) is 5.16 Å². The Morgan fingerprint density at radius 2 is 2.32 bits per heavy atom. The highest BCUT2D eigenvalue weighted by molar-refractivity contribution is 7.99. The summed E-state index contributed by atoms with van der Waals surface area (Å²) >= 11 is 2.55. The van der Waals surface area contributed by atoms with E-state index in [9.17, 15) is 9.59 Å². The minimum absolute atomic E-state index is 0.150. The molecule has 0 unspecified atom stereocenters. The first-order valence-corrected chi connectivity index (χ1v) is 7.13. The molecule has 9 heteroatoms. The lowest BCUT2D eigenvalue weighted by atomic mass is 10.4. The molecule has 2 N–H and O–H groups in total. The van der Waals surface area contributed by atoms with Crippen LogP contribution in [0.2, 0.25) is 0 Å². The Balaban J connectivity index is 1.73. The summed E-state index contributed by atoms with van der Waals surface area (Å²) in [6, 6.07) is 3.45. The predicted molar refractivity (Wildman–Crippen MR) is 71.7 cm³/mol. The molecule has 0 aromatic carbocycles. The van der Waals surface area contributed by atoms with Gasteiger partial charge in [-0.15, -0.1) is 21.5 Å². The third-order valence-electron chi connectivity index (χ3n) is 2.06. The first kappa shape index (κ1) is 13.6. The molecule has 0 radical (unpaired) electrons. The Bertz CT molecular complexity index is 566. The molecule has 0 spiro atoms. The van der Waals surface area contributed by atoms with Crippen LogP contribution in [-0.4, -0.2) is 32.3 Å². The van der Waals surface area contributed by atoms with Crippen molar-refractivity contribution >= 4 is 34.9 Å². The van der Waals surface area contributed by atoms with Crippen LogP contribution in [0.1, 0.15) is 9.67 Å². The highest BCUT2D eigenvalue weighted by Gasteiger charge is 2.09. The van der Waals surface area contributed by atoms with Crippen molar-refractivity contribution in [3.8, 4) is 0 Å². The average molecular weight is 297 g/mol. The molecule has 2 aromatic heterocycles. The number of rotatable bonds is 4. The van der Waals surface area contributed by atoms with Gasteiger partial charge in [0.2, 0.25) is 5.91 Å². The van der Waals surface area contributed by atoms with Crippen LogP contribution in [0.3, 0.4) is 0 Å². The SMILES string of the molecule is Cn1cnnc1SCC(=O)NNC(=O)c1cccs1. The summed E-state index contributed by atoms with van der Waals surface area (Å²) in [7, 11) is 1.79. The number of amides is 2. The van der Waals surface area contributed by atoms with Crippen molar-refractivity contribution in [1.82, 2.24) is 25.6 Å². The molecule has 0 saturated carbocycles. The standard InChI is InChI=1S/C10H11N5O2S2/c1-15-6-11-14-10(15)19-5-8(16)12-13-9(17)7-3-2-4-18-7/h2-4,6H,5H2,1H3,(H,12,16)(H,13,17). The number of thiophene rings is 1. The number of nitrogens with one attached hydrogen (secondary N) is 2. The lowest BCUT2D eigenvalue weighted by Crippen LogP contribution is -2.42. The Kier molecular flexibility index (Phi) is 4.53. The molecule has 0 aliphatic carbocycles. The Labute approximate surface area is 117 Å². The summed E-state index contributed by atoms with van der Waals surface area (Å²) in [6.45, 7) is 0. The number of hydrogen-bond acceptors (Lipinski definition) is 6. The average Bonchev–Trinajstić information content (AvgIpc) is 3.05. The minimum Gasteiger partial charge on any atom is -0.312 e. The maximum atomic E-state index is 11.5. The fourth-order valence-corrected chi connectivity index (χ4v) is 2.47. The molecule has 2 heterocycles. The van der Waals surface area contributed by atoms with Gasteiger partial charge < -0.3 is 4.57 Å². The largest absolute Gasteiger partial charge is 0.312 e. The van der Waals surface area contributed by atoms with E-state index in [0.717, 1.165) is 0 Å². The molecule has 2 amide bonds. The van der Waals surface area contributed by atoms with Gasteiger partial charge >= 0.3 is 0 Å². The fraction of sp³-hybridized carbons (Fsp3) is 0.200. The molecular formula is C10H11N5O2S2. The van der Waals surface area contributed by atoms with E-state index in [1.165, 1.54) is 23.1 Å². The maximum absolute atomic E-state index is 11.5. The van der Waals surface area contributed by atoms with E-state index < -0.39 is 0 Å². The van der Waals surface area contributed by atoms with Gasteiger partial charge in [-0.1, -0.05) is 17.8 Å². The third-order valence-corrected chi connectivity index (χ3v) is 3.97. The van der Waals surface area contributed by atoms with Gasteiger partial charge in [-0.25, -0.2) is 0 Å². The van der Waals surface area contributed by atoms with E-state index in [2.05, 4.69) is 21.0 Å². The van der Waals surface area contributed by atoms with Crippen LogP contribution in [0.4, 0.5) is 0 Å². The third kappa shape index (κ3) is 3.80. The lowest BCUT2D eigenvalue weighted by molar-refractivity contribution is -0.119. The number of nitrogens with zero attached hydrogens (tertiary/aromatic N) is 3. The van der Waals surface area contributed by atoms with Gasteiger partial charge in [-0.3, -0.25) is 20.4 Å². The monoisotopic (exact) mass is 297 g/mol. The molecule has 2 rings (SSSR count). The van der Waals surface area contributed by atoms with Crippen molar-refractivity contribution < 1.29 is 9.59 Å². The van der Waals surface area contributed by atoms with Gasteiger partial charge in [0.25, 0.3) is 5.91 Å². The van der Waals surface area contributed by atoms with Gasteiger partial charge in [0.1, 0.15) is 6.33 Å². The highest BCUT2D eigenvalue weighted by Crippen LogP contribution is 2.12. The second-order valence-corrected chi connectivity index (χ2v) is 5.38. The van der Waals surface area contributed by atoms with Crippen molar-refractivity contribution in [1.29, 1.82) is 0 Å². The molecule has 100 valence electrons. The van der Waals surface area contributed by atoms with Gasteiger partial charge in [-0.2, -0.15) is 0 Å². The van der Waals surface area contributed by atoms with Gasteiger partial charge in [0.05, 0.1) is 10.6 Å². The number of hydrogen-bond donors (Lipinski definition) is 2. The molecule has 0 fully saturated rings. The van der Waals surface area contributed by atoms with Crippen LogP contribution < -0.4 is 10.9 Å². The van der Waals surface area contributed by atoms with Crippen molar-refractivity contribution in [3.63, 3.8) is 0 Å². The topological polar surface area (TPSA) is 88.9 Å². The number of thioether (sulfide) groups is 1. The van der Waals surface area contributed by atoms with Gasteiger partial charge in [0, 0.05) is 7.05 Å². The number of aromatic nitrogens is 3. The van der Waals surface area contributed by atoms with E-state index in [0.29, 0.717) is 10.0 Å². The fourth-order valence-electron chi connectivity index (χ4n) is 1.17. The van der Waals surface area contributed by atoms with Gasteiger partial charge in [0.15, 0.2) is 5.16 Å². The zero-order chi connectivity index (χ0) is 13.7. The molecule has 2 aromatic rings. The molecule has 0 saturated heterocycles. The summed E-state index contributed by atoms with van der Waals surface area (Å²) in [6.07, 6.45) is 1.55. The summed E-state index contributed by atoms with van der Waals surface area (Å²) in [4.78, 5) is 23.6. The lowest BCUT2D eigenvalue weighted by Gasteiger charge is -2.05. The Morgan fingerprint density at radius 3 is 2.95 bits per heavy atom. The van der Waals surface area contributed by atoms with Gasteiger partial charge in [-0.05, 0) is 11.4 Å². The normalized spacial score (nSPS) is 10.2. The van der Waals surface area contributed by atoms with E-state index in [1.54, 1.807) is 35.5 Å². The summed E-state index contributed by atoms with van der Waals surface area (Å²) < 4.78 is 1.71. The zero-order valence-electron chi connectivity index (χ0n) is 9.99. The second kappa shape index (κ2) is 6.34. The summed E-state index contributed by atoms with van der Waals surface area (Å²) in [5.74, 6) is -0.484. The van der Waals surface area contributed by atoms with Crippen LogP contribution in [0.15, 0.2) is 29.0 Å². The Hall–Kier alpha value is -1.87. The van der Waals surface area contributed by atoms with E-state index in [1.807, 2.05) is 0 Å². The molecule has 0 atom stereocenters. The molecular weight excluding hydrogens is 286 g/mol. The van der Waals surface area contributed by atoms with Crippen LogP contribution >= 0.6 is 23.1 Å². The van der Waals surface area contributed by atoms with E-state index in [4.69, 9.17) is 0 Å². The number of hydrazine groups is 1. The first-order chi connectivity index (χ1) is 9.16. The predicted octanol–water partition coefficient (Wildman–Crippen LogP) is 0.430. The van der Waals surface area contributed by atoms with Crippen molar-refractivity contribution in [2.24, 2.45) is 7.05 Å². The first-order valence-electron chi connectivity index (χ1n) is 5.26. The summed E-state index contributed by atoms with van der Waals surface area (Å²) in [5, 5.41) is 9.96. The molecule has 7 nitrogen and oxygen atoms in total. The summed E-state index contributed by atoms with van der Waals surface area (Å²) in [5.41, 5.74) is 4.69. The van der Waals surface area contributed by atoms with Crippen LogP contribution in [0.25, 0.3) is 0 Å². The quantitative estimate of drug-likeness (QED) is 0.631. The van der Waals surface area contributed by atoms with Crippen LogP contribution in [0, 0.1) is 0 Å². The molecule has 19 heavy (non-hydrogen) atoms.